The minimum absolute atomic E-state index is 0.0920. The zero-order valence-corrected chi connectivity index (χ0v) is 20.6. The zero-order chi connectivity index (χ0) is 24.8. The Hall–Kier alpha value is -3.69. The summed E-state index contributed by atoms with van der Waals surface area (Å²) >= 11 is 0. The monoisotopic (exact) mass is 463 g/mol. The Morgan fingerprint density at radius 1 is 1.18 bits per heavy atom. The third-order valence-corrected chi connectivity index (χ3v) is 6.14. The minimum Gasteiger partial charge on any atom is -0.382 e. The molecule has 0 radical (unpaired) electrons. The third-order valence-electron chi connectivity index (χ3n) is 6.14. The lowest BCUT2D eigenvalue weighted by molar-refractivity contribution is -0.122. The number of fused-ring (bicyclic) bond motifs is 2. The lowest BCUT2D eigenvalue weighted by atomic mass is 9.70. The van der Waals surface area contributed by atoms with E-state index in [1.807, 2.05) is 25.1 Å². The molecule has 0 aliphatic heterocycles. The molecule has 0 spiro atoms. The molecule has 4 aromatic heterocycles. The van der Waals surface area contributed by atoms with Crippen LogP contribution in [0.3, 0.4) is 0 Å². The third kappa shape index (κ3) is 4.40. The van der Waals surface area contributed by atoms with Crippen LogP contribution < -0.4 is 16.8 Å². The van der Waals surface area contributed by atoms with Crippen molar-refractivity contribution in [2.75, 3.05) is 11.5 Å². The van der Waals surface area contributed by atoms with Crippen LogP contribution in [0, 0.1) is 12.8 Å². The van der Waals surface area contributed by atoms with Crippen molar-refractivity contribution in [2.24, 2.45) is 5.92 Å². The molecule has 0 unspecified atom stereocenters. The van der Waals surface area contributed by atoms with Crippen LogP contribution in [0.5, 0.6) is 0 Å². The predicted molar refractivity (Wildman–Crippen MR) is 134 cm³/mol. The van der Waals surface area contributed by atoms with Crippen LogP contribution in [0.25, 0.3) is 27.9 Å². The normalized spacial score (nSPS) is 19.7. The summed E-state index contributed by atoms with van der Waals surface area (Å²) in [4.78, 5) is 24.1. The summed E-state index contributed by atoms with van der Waals surface area (Å²) in [5, 5.41) is 7.10. The molecule has 0 aromatic carbocycles. The summed E-state index contributed by atoms with van der Waals surface area (Å²) in [6, 6.07) is 6.10. The van der Waals surface area contributed by atoms with E-state index < -0.39 is 0 Å². The van der Waals surface area contributed by atoms with Crippen molar-refractivity contribution in [3.05, 3.63) is 30.2 Å². The Labute approximate surface area is 198 Å². The fourth-order valence-electron chi connectivity index (χ4n) is 5.14. The van der Waals surface area contributed by atoms with Crippen molar-refractivity contribution in [3.8, 4) is 11.3 Å². The maximum Gasteiger partial charge on any atom is 0.240 e. The molecule has 1 aliphatic rings. The summed E-state index contributed by atoms with van der Waals surface area (Å²) in [6.45, 7) is 12.1. The highest BCUT2D eigenvalue weighted by Crippen LogP contribution is 2.36. The van der Waals surface area contributed by atoms with Gasteiger partial charge in [0.15, 0.2) is 11.5 Å². The molecule has 4 heterocycles. The number of nitrogens with zero attached hydrogens (tertiary/aromatic N) is 6. The smallest absolute Gasteiger partial charge is 0.240 e. The van der Waals surface area contributed by atoms with Gasteiger partial charge in [0.2, 0.25) is 11.9 Å². The Morgan fingerprint density at radius 2 is 1.88 bits per heavy atom. The van der Waals surface area contributed by atoms with Gasteiger partial charge in [0.25, 0.3) is 0 Å². The van der Waals surface area contributed by atoms with E-state index in [0.717, 1.165) is 47.0 Å². The summed E-state index contributed by atoms with van der Waals surface area (Å²) < 4.78 is 3.75. The molecule has 1 fully saturated rings. The molecule has 1 amide bonds. The zero-order valence-electron chi connectivity index (χ0n) is 20.6. The molecule has 10 heteroatoms. The van der Waals surface area contributed by atoms with Gasteiger partial charge in [-0.3, -0.25) is 4.79 Å². The number of carbonyl (C=O) groups excluding carboxylic acids is 1. The molecule has 34 heavy (non-hydrogen) atoms. The molecular weight excluding hydrogens is 430 g/mol. The maximum atomic E-state index is 10.6. The van der Waals surface area contributed by atoms with Crippen LogP contribution in [-0.2, 0) is 4.79 Å². The van der Waals surface area contributed by atoms with E-state index in [2.05, 4.69) is 52.6 Å². The van der Waals surface area contributed by atoms with E-state index in [4.69, 9.17) is 16.5 Å². The number of nitrogens with one attached hydrogen (secondary N) is 1. The molecular formula is C24H33N9O. The first-order valence-electron chi connectivity index (χ1n) is 11.5. The maximum absolute atomic E-state index is 10.6. The second-order valence-electron chi connectivity index (χ2n) is 9.80. The Balaban J connectivity index is 0.000000231. The Morgan fingerprint density at radius 3 is 2.50 bits per heavy atom. The summed E-state index contributed by atoms with van der Waals surface area (Å²) in [5.41, 5.74) is 15.9. The number of hydrogen-bond donors (Lipinski definition) is 3. The lowest BCUT2D eigenvalue weighted by Gasteiger charge is -2.44. The molecule has 1 saturated carbocycles. The number of carbonyl (C=O) groups is 1. The second kappa shape index (κ2) is 8.58. The number of nitrogens with two attached hydrogens (primary N) is 2. The van der Waals surface area contributed by atoms with E-state index >= 15 is 0 Å². The SMILES string of the molecule is CC(=O)NC1(C)CC(C)C1.Cc1nc2ccc(-c3ccn4nc(N)nc(N)c34)nc2n1C(C)C. The fraction of sp³-hybridized carbons (Fsp3) is 0.458. The first-order chi connectivity index (χ1) is 16.0. The van der Waals surface area contributed by atoms with E-state index in [-0.39, 0.29) is 23.4 Å². The van der Waals surface area contributed by atoms with Crippen molar-refractivity contribution < 1.29 is 4.79 Å². The van der Waals surface area contributed by atoms with E-state index in [0.29, 0.717) is 11.3 Å². The molecule has 5 rings (SSSR count). The van der Waals surface area contributed by atoms with E-state index in [1.54, 1.807) is 17.6 Å². The number of aryl methyl sites for hydroxylation is 1. The number of rotatable bonds is 3. The minimum atomic E-state index is 0.0920. The van der Waals surface area contributed by atoms with E-state index in [9.17, 15) is 4.79 Å². The van der Waals surface area contributed by atoms with Gasteiger partial charge in [-0.05, 0) is 64.7 Å². The van der Waals surface area contributed by atoms with Gasteiger partial charge >= 0.3 is 0 Å². The number of hydrogen-bond acceptors (Lipinski definition) is 7. The van der Waals surface area contributed by atoms with Crippen molar-refractivity contribution in [2.45, 2.75) is 66.0 Å². The van der Waals surface area contributed by atoms with Crippen LogP contribution in [0.2, 0.25) is 0 Å². The van der Waals surface area contributed by atoms with Crippen LogP contribution >= 0.6 is 0 Å². The summed E-state index contributed by atoms with van der Waals surface area (Å²) in [6.07, 6.45) is 4.06. The Bertz CT molecular complexity index is 1360. The van der Waals surface area contributed by atoms with Crippen LogP contribution in [0.4, 0.5) is 11.8 Å². The van der Waals surface area contributed by atoms with Gasteiger partial charge in [0, 0.05) is 30.3 Å². The first kappa shape index (κ1) is 23.5. The molecule has 4 aromatic rings. The largest absolute Gasteiger partial charge is 0.382 e. The van der Waals surface area contributed by atoms with Gasteiger partial charge in [-0.1, -0.05) is 6.92 Å². The van der Waals surface area contributed by atoms with Gasteiger partial charge in [0.05, 0.1) is 5.69 Å². The highest BCUT2D eigenvalue weighted by molar-refractivity contribution is 5.88. The van der Waals surface area contributed by atoms with Gasteiger partial charge in [-0.2, -0.15) is 4.98 Å². The molecule has 0 saturated heterocycles. The van der Waals surface area contributed by atoms with Gasteiger partial charge in [-0.15, -0.1) is 5.10 Å². The van der Waals surface area contributed by atoms with Crippen molar-refractivity contribution in [1.29, 1.82) is 0 Å². The average Bonchev–Trinajstić information content (AvgIpc) is 3.26. The molecule has 0 bridgehead atoms. The molecule has 1 aliphatic carbocycles. The number of pyridine rings is 1. The second-order valence-corrected chi connectivity index (χ2v) is 9.80. The predicted octanol–water partition coefficient (Wildman–Crippen LogP) is 3.51. The summed E-state index contributed by atoms with van der Waals surface area (Å²) in [7, 11) is 0. The average molecular weight is 464 g/mol. The number of imidazole rings is 1. The van der Waals surface area contributed by atoms with Gasteiger partial charge in [0.1, 0.15) is 16.9 Å². The first-order valence-corrected chi connectivity index (χ1v) is 11.5. The number of anilines is 2. The topological polar surface area (TPSA) is 142 Å². The van der Waals surface area contributed by atoms with Gasteiger partial charge < -0.3 is 21.4 Å². The van der Waals surface area contributed by atoms with Crippen LogP contribution in [0.1, 0.15) is 59.3 Å². The standard InChI is InChI=1S/C16H18N8.C8H15NO/c1-8(2)24-9(3)19-12-5-4-11(20-15(12)24)10-6-7-23-13(10)14(17)21-16(18)22-23;1-6-4-8(3,5-6)9-7(2)10/h4-8H,1-3H3,(H4,17,18,21,22);6H,4-5H2,1-3H3,(H,9,10). The number of aromatic nitrogens is 6. The number of nitrogen functional groups attached to an aromatic ring is 2. The summed E-state index contributed by atoms with van der Waals surface area (Å²) in [5.74, 6) is 2.30. The van der Waals surface area contributed by atoms with Crippen LogP contribution in [-0.4, -0.2) is 40.6 Å². The van der Waals surface area contributed by atoms with Crippen molar-refractivity contribution >= 4 is 34.4 Å². The molecule has 10 nitrogen and oxygen atoms in total. The van der Waals surface area contributed by atoms with E-state index in [1.165, 1.54) is 0 Å². The van der Waals surface area contributed by atoms with Gasteiger partial charge in [-0.25, -0.2) is 14.5 Å². The highest BCUT2D eigenvalue weighted by atomic mass is 16.1. The molecule has 180 valence electrons. The fourth-order valence-corrected chi connectivity index (χ4v) is 5.14. The van der Waals surface area contributed by atoms with Crippen molar-refractivity contribution in [3.63, 3.8) is 0 Å². The quantitative estimate of drug-likeness (QED) is 0.422. The Kier molecular flexibility index (Phi) is 5.93. The molecule has 0 atom stereocenters. The highest BCUT2D eigenvalue weighted by Gasteiger charge is 2.37. The van der Waals surface area contributed by atoms with Crippen molar-refractivity contribution in [1.82, 2.24) is 34.4 Å². The van der Waals surface area contributed by atoms with Crippen LogP contribution in [0.15, 0.2) is 24.4 Å². The number of amides is 1. The lowest BCUT2D eigenvalue weighted by Crippen LogP contribution is -2.53. The molecule has 5 N–H and O–H groups in total.